The van der Waals surface area contributed by atoms with Crippen LogP contribution in [0.4, 0.5) is 5.82 Å². The van der Waals surface area contributed by atoms with Crippen LogP contribution in [0.3, 0.4) is 0 Å². The molecule has 4 nitrogen and oxygen atoms in total. The fraction of sp³-hybridized carbons (Fsp3) is 0.200. The molecule has 0 bridgehead atoms. The van der Waals surface area contributed by atoms with Gasteiger partial charge in [-0.3, -0.25) is 9.89 Å². The van der Waals surface area contributed by atoms with Crippen LogP contribution in [0.1, 0.15) is 22.3 Å². The Balaban J connectivity index is 2.06. The van der Waals surface area contributed by atoms with Gasteiger partial charge in [0.15, 0.2) is 5.82 Å². The quantitative estimate of drug-likeness (QED) is 0.835. The van der Waals surface area contributed by atoms with Crippen LogP contribution in [0.25, 0.3) is 0 Å². The Bertz CT molecular complexity index is 447. The van der Waals surface area contributed by atoms with Crippen LogP contribution in [-0.4, -0.2) is 16.1 Å². The van der Waals surface area contributed by atoms with E-state index in [1.807, 2.05) is 24.4 Å². The molecule has 0 aliphatic heterocycles. The number of H-pyrrole nitrogens is 1. The van der Waals surface area contributed by atoms with Gasteiger partial charge in [-0.15, -0.1) is 11.3 Å². The van der Waals surface area contributed by atoms with Gasteiger partial charge in [0.2, 0.25) is 0 Å². The summed E-state index contributed by atoms with van der Waals surface area (Å²) in [6, 6.07) is 5.47. The third-order valence-electron chi connectivity index (χ3n) is 2.00. The number of amides is 1. The lowest BCUT2D eigenvalue weighted by molar-refractivity contribution is 0.103. The number of aryl methyl sites for hydroxylation is 1. The summed E-state index contributed by atoms with van der Waals surface area (Å²) in [4.78, 5) is 12.3. The number of aromatic nitrogens is 2. The normalized spacial score (nSPS) is 10.2. The molecule has 0 aliphatic carbocycles. The molecule has 0 saturated heterocycles. The average Bonchev–Trinajstić information content (AvgIpc) is 2.87. The highest BCUT2D eigenvalue weighted by Crippen LogP contribution is 2.12. The molecule has 5 heteroatoms. The number of nitrogens with zero attached hydrogens (tertiary/aromatic N) is 1. The number of thiophene rings is 1. The lowest BCUT2D eigenvalue weighted by atomic mass is 10.3. The zero-order valence-electron chi connectivity index (χ0n) is 8.28. The number of rotatable bonds is 3. The van der Waals surface area contributed by atoms with Gasteiger partial charge >= 0.3 is 0 Å². The van der Waals surface area contributed by atoms with Crippen molar-refractivity contribution in [3.8, 4) is 0 Å². The third kappa shape index (κ3) is 2.24. The summed E-state index contributed by atoms with van der Waals surface area (Å²) < 4.78 is 0. The monoisotopic (exact) mass is 221 g/mol. The van der Waals surface area contributed by atoms with Gasteiger partial charge in [-0.1, -0.05) is 13.0 Å². The molecule has 0 aliphatic rings. The molecule has 0 saturated carbocycles. The van der Waals surface area contributed by atoms with Crippen molar-refractivity contribution < 1.29 is 4.79 Å². The number of hydrogen-bond acceptors (Lipinski definition) is 3. The zero-order chi connectivity index (χ0) is 10.7. The average molecular weight is 221 g/mol. The molecule has 2 heterocycles. The minimum Gasteiger partial charge on any atom is -0.304 e. The van der Waals surface area contributed by atoms with Gasteiger partial charge in [0.05, 0.1) is 4.88 Å². The largest absolute Gasteiger partial charge is 0.304 e. The second-order valence-electron chi connectivity index (χ2n) is 3.06. The molecule has 2 rings (SSSR count). The molecule has 0 fully saturated rings. The summed E-state index contributed by atoms with van der Waals surface area (Å²) in [6.07, 6.45) is 0.877. The zero-order valence-corrected chi connectivity index (χ0v) is 9.10. The fourth-order valence-corrected chi connectivity index (χ4v) is 1.81. The molecule has 2 aromatic rings. The molecule has 0 aromatic carbocycles. The molecule has 0 unspecified atom stereocenters. The summed E-state index contributed by atoms with van der Waals surface area (Å²) in [5.41, 5.74) is 1.01. The minimum atomic E-state index is -0.112. The minimum absolute atomic E-state index is 0.112. The molecule has 78 valence electrons. The Labute approximate surface area is 91.3 Å². The maximum Gasteiger partial charge on any atom is 0.266 e. The van der Waals surface area contributed by atoms with E-state index in [-0.39, 0.29) is 5.91 Å². The van der Waals surface area contributed by atoms with Crippen molar-refractivity contribution in [2.24, 2.45) is 0 Å². The van der Waals surface area contributed by atoms with Crippen molar-refractivity contribution in [2.45, 2.75) is 13.3 Å². The summed E-state index contributed by atoms with van der Waals surface area (Å²) in [6.45, 7) is 2.03. The first-order chi connectivity index (χ1) is 7.29. The highest BCUT2D eigenvalue weighted by molar-refractivity contribution is 7.12. The summed E-state index contributed by atoms with van der Waals surface area (Å²) in [5.74, 6) is 0.462. The molecule has 0 spiro atoms. The number of hydrogen-bond donors (Lipinski definition) is 2. The Hall–Kier alpha value is -1.62. The van der Waals surface area contributed by atoms with Crippen LogP contribution >= 0.6 is 11.3 Å². The van der Waals surface area contributed by atoms with E-state index in [0.29, 0.717) is 10.7 Å². The van der Waals surface area contributed by atoms with E-state index in [9.17, 15) is 4.79 Å². The fourth-order valence-electron chi connectivity index (χ4n) is 1.19. The van der Waals surface area contributed by atoms with Crippen LogP contribution in [0.15, 0.2) is 23.6 Å². The first kappa shape index (κ1) is 9.92. The summed E-state index contributed by atoms with van der Waals surface area (Å²) >= 11 is 1.41. The standard InChI is InChI=1S/C10H11N3OS/c1-2-7-6-9(13-12-7)11-10(14)8-4-3-5-15-8/h3-6H,2H2,1H3,(H2,11,12,13,14). The number of anilines is 1. The SMILES string of the molecule is CCc1cc(NC(=O)c2cccs2)n[nH]1. The maximum absolute atomic E-state index is 11.6. The summed E-state index contributed by atoms with van der Waals surface area (Å²) in [5, 5.41) is 11.4. The Kier molecular flexibility index (Phi) is 2.82. The van der Waals surface area contributed by atoms with E-state index in [0.717, 1.165) is 12.1 Å². The van der Waals surface area contributed by atoms with E-state index in [1.54, 1.807) is 6.07 Å². The smallest absolute Gasteiger partial charge is 0.266 e. The van der Waals surface area contributed by atoms with Crippen molar-refractivity contribution in [1.82, 2.24) is 10.2 Å². The number of aromatic amines is 1. The first-order valence-corrected chi connectivity index (χ1v) is 5.56. The Morgan fingerprint density at radius 3 is 3.13 bits per heavy atom. The molecule has 0 atom stereocenters. The van der Waals surface area contributed by atoms with Crippen molar-refractivity contribution in [3.63, 3.8) is 0 Å². The molecule has 0 radical (unpaired) electrons. The van der Waals surface area contributed by atoms with Crippen LogP contribution < -0.4 is 5.32 Å². The molecule has 15 heavy (non-hydrogen) atoms. The van der Waals surface area contributed by atoms with Gasteiger partial charge in [0.1, 0.15) is 0 Å². The molecular formula is C10H11N3OS. The van der Waals surface area contributed by atoms with Crippen LogP contribution in [0, 0.1) is 0 Å². The van der Waals surface area contributed by atoms with Gasteiger partial charge in [0, 0.05) is 11.8 Å². The lowest BCUT2D eigenvalue weighted by Crippen LogP contribution is -2.10. The number of carbonyl (C=O) groups excluding carboxylic acids is 1. The van der Waals surface area contributed by atoms with Crippen LogP contribution in [0.2, 0.25) is 0 Å². The van der Waals surface area contributed by atoms with Gasteiger partial charge in [0.25, 0.3) is 5.91 Å². The van der Waals surface area contributed by atoms with Crippen molar-refractivity contribution >= 4 is 23.1 Å². The van der Waals surface area contributed by atoms with Crippen molar-refractivity contribution in [2.75, 3.05) is 5.32 Å². The van der Waals surface area contributed by atoms with Crippen molar-refractivity contribution in [1.29, 1.82) is 0 Å². The van der Waals surface area contributed by atoms with Gasteiger partial charge in [-0.25, -0.2) is 0 Å². The summed E-state index contributed by atoms with van der Waals surface area (Å²) in [7, 11) is 0. The topological polar surface area (TPSA) is 57.8 Å². The number of nitrogens with one attached hydrogen (secondary N) is 2. The predicted molar refractivity (Wildman–Crippen MR) is 60.2 cm³/mol. The highest BCUT2D eigenvalue weighted by atomic mass is 32.1. The molecule has 1 amide bonds. The highest BCUT2D eigenvalue weighted by Gasteiger charge is 2.08. The van der Waals surface area contributed by atoms with E-state index < -0.39 is 0 Å². The molecular weight excluding hydrogens is 210 g/mol. The second-order valence-corrected chi connectivity index (χ2v) is 4.01. The third-order valence-corrected chi connectivity index (χ3v) is 2.87. The van der Waals surface area contributed by atoms with Crippen LogP contribution in [-0.2, 0) is 6.42 Å². The molecule has 2 aromatic heterocycles. The van der Waals surface area contributed by atoms with E-state index in [1.165, 1.54) is 11.3 Å². The molecule has 2 N–H and O–H groups in total. The lowest BCUT2D eigenvalue weighted by Gasteiger charge is -1.96. The predicted octanol–water partition coefficient (Wildman–Crippen LogP) is 2.29. The van der Waals surface area contributed by atoms with Crippen LogP contribution in [0.5, 0.6) is 0 Å². The van der Waals surface area contributed by atoms with E-state index >= 15 is 0 Å². The van der Waals surface area contributed by atoms with E-state index in [2.05, 4.69) is 15.5 Å². The Morgan fingerprint density at radius 1 is 1.67 bits per heavy atom. The number of carbonyl (C=O) groups is 1. The van der Waals surface area contributed by atoms with Gasteiger partial charge in [-0.05, 0) is 17.9 Å². The second kappa shape index (κ2) is 4.27. The van der Waals surface area contributed by atoms with E-state index in [4.69, 9.17) is 0 Å². The van der Waals surface area contributed by atoms with Crippen molar-refractivity contribution in [3.05, 3.63) is 34.2 Å². The first-order valence-electron chi connectivity index (χ1n) is 4.68. The van der Waals surface area contributed by atoms with Gasteiger partial charge < -0.3 is 5.32 Å². The van der Waals surface area contributed by atoms with Gasteiger partial charge in [-0.2, -0.15) is 5.10 Å². The maximum atomic E-state index is 11.6. The Morgan fingerprint density at radius 2 is 2.53 bits per heavy atom.